The van der Waals surface area contributed by atoms with Crippen LogP contribution in [0.25, 0.3) is 10.3 Å². The number of anilines is 1. The Morgan fingerprint density at radius 2 is 2.27 bits per heavy atom. The molecular weight excluding hydrogens is 216 g/mol. The molecule has 6 nitrogen and oxygen atoms in total. The molecule has 2 N–H and O–H groups in total. The third kappa shape index (κ3) is 2.31. The summed E-state index contributed by atoms with van der Waals surface area (Å²) in [6.07, 6.45) is 1.59. The van der Waals surface area contributed by atoms with E-state index in [4.69, 9.17) is 15.2 Å². The lowest BCUT2D eigenvalue weighted by molar-refractivity contribution is 0.141. The fourth-order valence-electron chi connectivity index (χ4n) is 1.02. The van der Waals surface area contributed by atoms with Crippen molar-refractivity contribution in [1.82, 2.24) is 15.0 Å². The number of nitrogens with two attached hydrogens (primary N) is 1. The lowest BCUT2D eigenvalue weighted by Crippen LogP contribution is -2.06. The van der Waals surface area contributed by atoms with E-state index in [0.29, 0.717) is 29.9 Å². The van der Waals surface area contributed by atoms with Crippen molar-refractivity contribution < 1.29 is 9.47 Å². The van der Waals surface area contributed by atoms with E-state index in [-0.39, 0.29) is 0 Å². The highest BCUT2D eigenvalue weighted by atomic mass is 32.1. The molecule has 2 heterocycles. The fourth-order valence-corrected chi connectivity index (χ4v) is 1.69. The number of aromatic nitrogens is 3. The summed E-state index contributed by atoms with van der Waals surface area (Å²) in [4.78, 5) is 12.9. The molecule has 80 valence electrons. The van der Waals surface area contributed by atoms with Gasteiger partial charge in [0.25, 0.3) is 0 Å². The number of hydrogen-bond donors (Lipinski definition) is 1. The number of rotatable bonds is 4. The van der Waals surface area contributed by atoms with Crippen LogP contribution in [0.4, 0.5) is 5.13 Å². The second kappa shape index (κ2) is 4.37. The SMILES string of the molecule is COCCOc1ncc2nc(N)sc2n1. The van der Waals surface area contributed by atoms with Crippen LogP contribution < -0.4 is 10.5 Å². The fraction of sp³-hybridized carbons (Fsp3) is 0.375. The van der Waals surface area contributed by atoms with E-state index in [1.165, 1.54) is 11.3 Å². The van der Waals surface area contributed by atoms with Gasteiger partial charge in [-0.15, -0.1) is 0 Å². The molecule has 0 saturated heterocycles. The number of methoxy groups -OCH3 is 1. The molecule has 0 unspecified atom stereocenters. The van der Waals surface area contributed by atoms with Gasteiger partial charge in [-0.25, -0.2) is 9.97 Å². The first-order chi connectivity index (χ1) is 7.29. The van der Waals surface area contributed by atoms with Gasteiger partial charge in [-0.1, -0.05) is 11.3 Å². The molecule has 0 saturated carbocycles. The van der Waals surface area contributed by atoms with Gasteiger partial charge in [0.2, 0.25) is 0 Å². The second-order valence-electron chi connectivity index (χ2n) is 2.74. The van der Waals surface area contributed by atoms with E-state index in [9.17, 15) is 0 Å². The average molecular weight is 226 g/mol. The molecule has 0 aliphatic carbocycles. The van der Waals surface area contributed by atoms with Crippen LogP contribution in [0.15, 0.2) is 6.20 Å². The van der Waals surface area contributed by atoms with Crippen molar-refractivity contribution in [3.8, 4) is 6.01 Å². The van der Waals surface area contributed by atoms with Gasteiger partial charge in [0.1, 0.15) is 12.1 Å². The maximum Gasteiger partial charge on any atom is 0.317 e. The Hall–Kier alpha value is -1.47. The molecule has 0 aromatic carbocycles. The van der Waals surface area contributed by atoms with E-state index in [1.807, 2.05) is 0 Å². The highest BCUT2D eigenvalue weighted by Gasteiger charge is 2.05. The first-order valence-corrected chi connectivity index (χ1v) is 5.12. The Morgan fingerprint density at radius 1 is 1.40 bits per heavy atom. The summed E-state index contributed by atoms with van der Waals surface area (Å²) in [5.74, 6) is 0. The van der Waals surface area contributed by atoms with Crippen molar-refractivity contribution in [3.05, 3.63) is 6.20 Å². The number of thiazole rings is 1. The van der Waals surface area contributed by atoms with Gasteiger partial charge in [0.05, 0.1) is 12.8 Å². The van der Waals surface area contributed by atoms with Crippen molar-refractivity contribution in [2.45, 2.75) is 0 Å². The van der Waals surface area contributed by atoms with Gasteiger partial charge in [0, 0.05) is 7.11 Å². The highest BCUT2D eigenvalue weighted by molar-refractivity contribution is 7.21. The quantitative estimate of drug-likeness (QED) is 0.772. The van der Waals surface area contributed by atoms with Crippen LogP contribution in [0.2, 0.25) is 0 Å². The van der Waals surface area contributed by atoms with E-state index in [0.717, 1.165) is 4.83 Å². The molecule has 7 heteroatoms. The van der Waals surface area contributed by atoms with Crippen LogP contribution in [-0.4, -0.2) is 35.3 Å². The van der Waals surface area contributed by atoms with Crippen LogP contribution in [-0.2, 0) is 4.74 Å². The van der Waals surface area contributed by atoms with Crippen LogP contribution in [0.1, 0.15) is 0 Å². The Labute approximate surface area is 90.1 Å². The third-order valence-corrected chi connectivity index (χ3v) is 2.46. The molecule has 2 rings (SSSR count). The third-order valence-electron chi connectivity index (χ3n) is 1.66. The Morgan fingerprint density at radius 3 is 3.07 bits per heavy atom. The van der Waals surface area contributed by atoms with Gasteiger partial charge in [-0.3, -0.25) is 0 Å². The molecule has 2 aromatic heterocycles. The number of ether oxygens (including phenoxy) is 2. The first kappa shape index (κ1) is 10.1. The zero-order valence-electron chi connectivity index (χ0n) is 8.14. The summed E-state index contributed by atoms with van der Waals surface area (Å²) in [6, 6.07) is 0.322. The summed E-state index contributed by atoms with van der Waals surface area (Å²) in [5.41, 5.74) is 6.23. The van der Waals surface area contributed by atoms with Crippen molar-refractivity contribution >= 4 is 26.8 Å². The minimum atomic E-state index is 0.322. The summed E-state index contributed by atoms with van der Waals surface area (Å²) in [6.45, 7) is 0.933. The summed E-state index contributed by atoms with van der Waals surface area (Å²) in [7, 11) is 1.61. The Kier molecular flexibility index (Phi) is 2.93. The first-order valence-electron chi connectivity index (χ1n) is 4.30. The summed E-state index contributed by atoms with van der Waals surface area (Å²) < 4.78 is 10.1. The molecular formula is C8H10N4O2S. The van der Waals surface area contributed by atoms with Crippen molar-refractivity contribution in [2.75, 3.05) is 26.1 Å². The number of hydrogen-bond acceptors (Lipinski definition) is 7. The lowest BCUT2D eigenvalue weighted by atomic mass is 10.6. The Bertz CT molecular complexity index is 459. The largest absolute Gasteiger partial charge is 0.461 e. The Balaban J connectivity index is 2.15. The lowest BCUT2D eigenvalue weighted by Gasteiger charge is -2.01. The van der Waals surface area contributed by atoms with Crippen molar-refractivity contribution in [1.29, 1.82) is 0 Å². The van der Waals surface area contributed by atoms with Crippen LogP contribution in [0.3, 0.4) is 0 Å². The van der Waals surface area contributed by atoms with Gasteiger partial charge >= 0.3 is 6.01 Å². The monoisotopic (exact) mass is 226 g/mol. The minimum Gasteiger partial charge on any atom is -0.461 e. The number of fused-ring (bicyclic) bond motifs is 1. The smallest absolute Gasteiger partial charge is 0.317 e. The molecule has 2 aromatic rings. The highest BCUT2D eigenvalue weighted by Crippen LogP contribution is 2.22. The molecule has 0 radical (unpaired) electrons. The van der Waals surface area contributed by atoms with E-state index >= 15 is 0 Å². The van der Waals surface area contributed by atoms with E-state index in [2.05, 4.69) is 15.0 Å². The molecule has 0 aliphatic rings. The normalized spacial score (nSPS) is 10.7. The van der Waals surface area contributed by atoms with Gasteiger partial charge in [-0.2, -0.15) is 4.98 Å². The summed E-state index contributed by atoms with van der Waals surface area (Å²) in [5, 5.41) is 0.480. The predicted octanol–water partition coefficient (Wildman–Crippen LogP) is 0.694. The molecule has 0 aliphatic heterocycles. The van der Waals surface area contributed by atoms with Gasteiger partial charge < -0.3 is 15.2 Å². The molecule has 0 amide bonds. The predicted molar refractivity (Wildman–Crippen MR) is 57.0 cm³/mol. The molecule has 0 bridgehead atoms. The minimum absolute atomic E-state index is 0.322. The molecule has 0 fully saturated rings. The number of nitrogen functional groups attached to an aromatic ring is 1. The zero-order valence-corrected chi connectivity index (χ0v) is 8.95. The molecule has 0 spiro atoms. The van der Waals surface area contributed by atoms with E-state index < -0.39 is 0 Å². The topological polar surface area (TPSA) is 83.2 Å². The van der Waals surface area contributed by atoms with Crippen LogP contribution in [0.5, 0.6) is 6.01 Å². The average Bonchev–Trinajstić information content (AvgIpc) is 2.57. The molecule has 15 heavy (non-hydrogen) atoms. The zero-order chi connectivity index (χ0) is 10.7. The maximum atomic E-state index is 5.54. The standard InChI is InChI=1S/C8H10N4O2S/c1-13-2-3-14-8-10-4-5-6(12-8)15-7(9)11-5/h4H,2-3H2,1H3,(H2,9,11). The van der Waals surface area contributed by atoms with Crippen molar-refractivity contribution in [2.24, 2.45) is 0 Å². The van der Waals surface area contributed by atoms with Gasteiger partial charge in [0.15, 0.2) is 9.96 Å². The number of nitrogens with zero attached hydrogens (tertiary/aromatic N) is 3. The molecule has 0 atom stereocenters. The van der Waals surface area contributed by atoms with Gasteiger partial charge in [-0.05, 0) is 0 Å². The van der Waals surface area contributed by atoms with Crippen molar-refractivity contribution in [3.63, 3.8) is 0 Å². The maximum absolute atomic E-state index is 5.54. The van der Waals surface area contributed by atoms with Crippen LogP contribution >= 0.6 is 11.3 Å². The van der Waals surface area contributed by atoms with Crippen LogP contribution in [0, 0.1) is 0 Å². The second-order valence-corrected chi connectivity index (χ2v) is 3.75. The van der Waals surface area contributed by atoms with E-state index in [1.54, 1.807) is 13.3 Å². The summed E-state index contributed by atoms with van der Waals surface area (Å²) >= 11 is 1.31.